The molecule has 234 valence electrons. The van der Waals surface area contributed by atoms with Crippen LogP contribution in [0.15, 0.2) is 0 Å². The molecular weight excluding hydrogens is 535 g/mol. The van der Waals surface area contributed by atoms with Gasteiger partial charge >= 0.3 is 51.4 Å². The fourth-order valence-corrected chi connectivity index (χ4v) is 3.99. The number of nitrogens with one attached hydrogen (secondary N) is 2. The largest absolute Gasteiger partial charge is 1.00 e. The van der Waals surface area contributed by atoms with E-state index in [1.54, 1.807) is 6.92 Å². The number of Topliss-reactive ketones (excluding diaryl/α,β-unsaturated/α-hetero) is 1. The predicted molar refractivity (Wildman–Crippen MR) is 164 cm³/mol. The molecule has 1 heterocycles. The van der Waals surface area contributed by atoms with Crippen LogP contribution in [0.4, 0.5) is 0 Å². The van der Waals surface area contributed by atoms with Gasteiger partial charge in [0.05, 0.1) is 24.9 Å². The maximum atomic E-state index is 10.8. The van der Waals surface area contributed by atoms with E-state index in [0.717, 1.165) is 57.6 Å². The second kappa shape index (κ2) is 41.1. The number of nitrogens with zero attached hydrogens (tertiary/aromatic N) is 2. The molecule has 2 fully saturated rings. The van der Waals surface area contributed by atoms with Crippen LogP contribution in [0.5, 0.6) is 0 Å². The van der Waals surface area contributed by atoms with Crippen molar-refractivity contribution in [3.05, 3.63) is 5.32 Å². The molecule has 1 aliphatic heterocycles. The minimum absolute atomic E-state index is 0. The van der Waals surface area contributed by atoms with Crippen LogP contribution in [0.1, 0.15) is 112 Å². The fraction of sp³-hybridized carbons (Fsp3) is 0.867. The summed E-state index contributed by atoms with van der Waals surface area (Å²) >= 11 is 0. The van der Waals surface area contributed by atoms with Crippen molar-refractivity contribution in [3.63, 3.8) is 0 Å². The fourth-order valence-electron chi connectivity index (χ4n) is 3.99. The van der Waals surface area contributed by atoms with Crippen LogP contribution >= 0.6 is 0 Å². The van der Waals surface area contributed by atoms with Crippen molar-refractivity contribution in [2.75, 3.05) is 34.4 Å². The third-order valence-corrected chi connectivity index (χ3v) is 6.16. The molecule has 0 aromatic heterocycles. The van der Waals surface area contributed by atoms with Crippen LogP contribution in [0, 0.1) is 5.92 Å². The summed E-state index contributed by atoms with van der Waals surface area (Å²) in [6.07, 6.45) is 15.2. The minimum atomic E-state index is -0.129. The molecular formula is C30H63KN4O5. The zero-order valence-corrected chi connectivity index (χ0v) is 30.8. The van der Waals surface area contributed by atoms with Crippen LogP contribution in [0.3, 0.4) is 0 Å². The Kier molecular flexibility index (Phi) is 51.0. The number of unbranched alkanes of at least 4 members (excludes halogenated alkanes) is 1. The maximum absolute atomic E-state index is 10.8. The van der Waals surface area contributed by atoms with E-state index in [4.69, 9.17) is 9.90 Å². The topological polar surface area (TPSA) is 130 Å². The number of carbonyl (C=O) groups is 4. The van der Waals surface area contributed by atoms with Crippen LogP contribution in [0.25, 0.3) is 5.32 Å². The van der Waals surface area contributed by atoms with E-state index < -0.39 is 0 Å². The first kappa shape index (κ1) is 49.6. The molecule has 1 amide bonds. The second-order valence-corrected chi connectivity index (χ2v) is 9.41. The van der Waals surface area contributed by atoms with Gasteiger partial charge in [-0.25, -0.2) is 0 Å². The number of amides is 1. The standard InChI is InChI=1S/C9H17NO2.C8H17NO.C6H11NO.C3H8.C2H5NO.C2H6.K/c11-6-9(10-7-12)8-4-2-1-3-5-8;1-4-5-6-8(9-3)7(2)10;1-7-4-2-3-6(7)5-8;1-3-2;1-3-2-4;1-2;/h6,8-10,12H,1-5,7H2;8-9H,4-6H2,1-3H3;5-6H,2-4H2,1H3;3H2,1-2H3;2H,1H3,(H,3,4);1-2H3;/q;;;;;;+1/p-1. The summed E-state index contributed by atoms with van der Waals surface area (Å²) in [6.45, 7) is 13.0. The SMILES string of the molecule is CC.CCC.CCCCC(NC)C(C)=O.CN1CCCC1C=O.C[N-]C=O.O=CC(NCO)C1CCCCC1.[K+]. The summed E-state index contributed by atoms with van der Waals surface area (Å²) in [4.78, 5) is 42.7. The van der Waals surface area contributed by atoms with Gasteiger partial charge in [-0.15, -0.1) is 7.05 Å². The molecule has 0 aromatic rings. The molecule has 2 rings (SSSR count). The molecule has 3 N–H and O–H groups in total. The van der Waals surface area contributed by atoms with Crippen LogP contribution in [-0.4, -0.2) is 87.3 Å². The van der Waals surface area contributed by atoms with Gasteiger partial charge in [0, 0.05) is 6.41 Å². The van der Waals surface area contributed by atoms with Gasteiger partial charge in [-0.1, -0.05) is 73.1 Å². The van der Waals surface area contributed by atoms with Crippen molar-refractivity contribution in [2.45, 2.75) is 130 Å². The van der Waals surface area contributed by atoms with Gasteiger partial charge in [0.15, 0.2) is 0 Å². The summed E-state index contributed by atoms with van der Waals surface area (Å²) in [5.74, 6) is 0.694. The molecule has 1 aliphatic carbocycles. The molecule has 1 saturated carbocycles. The Bertz CT molecular complexity index is 538. The molecule has 0 radical (unpaired) electrons. The molecule has 40 heavy (non-hydrogen) atoms. The van der Waals surface area contributed by atoms with Crippen molar-refractivity contribution in [2.24, 2.45) is 5.92 Å². The van der Waals surface area contributed by atoms with Crippen molar-refractivity contribution < 1.29 is 75.7 Å². The molecule has 3 atom stereocenters. The maximum Gasteiger partial charge on any atom is 1.00 e. The summed E-state index contributed by atoms with van der Waals surface area (Å²) in [5, 5.41) is 17.5. The number of hydrogen-bond donors (Lipinski definition) is 3. The third kappa shape index (κ3) is 32.5. The normalized spacial score (nSPS) is 17.2. The Balaban J connectivity index is -0.000000133. The Morgan fingerprint density at radius 2 is 1.57 bits per heavy atom. The van der Waals surface area contributed by atoms with E-state index >= 15 is 0 Å². The van der Waals surface area contributed by atoms with Gasteiger partial charge < -0.3 is 30.1 Å². The zero-order valence-electron chi connectivity index (χ0n) is 27.7. The molecule has 10 heteroatoms. The Hall–Kier alpha value is -0.0436. The average Bonchev–Trinajstić information content (AvgIpc) is 3.39. The number of likely N-dealkylation sites (tertiary alicyclic amines) is 1. The van der Waals surface area contributed by atoms with E-state index in [0.29, 0.717) is 12.3 Å². The van der Waals surface area contributed by atoms with E-state index in [9.17, 15) is 14.4 Å². The number of aliphatic hydroxyl groups excluding tert-OH is 1. The summed E-state index contributed by atoms with van der Waals surface area (Å²) < 4.78 is 0. The predicted octanol–water partition coefficient (Wildman–Crippen LogP) is 1.90. The first-order chi connectivity index (χ1) is 18.8. The quantitative estimate of drug-likeness (QED) is 0.187. The van der Waals surface area contributed by atoms with Gasteiger partial charge in [-0.2, -0.15) is 0 Å². The van der Waals surface area contributed by atoms with Crippen molar-refractivity contribution in [1.82, 2.24) is 15.5 Å². The Morgan fingerprint density at radius 3 is 1.85 bits per heavy atom. The van der Waals surface area contributed by atoms with Crippen molar-refractivity contribution in [3.8, 4) is 0 Å². The van der Waals surface area contributed by atoms with E-state index in [1.165, 1.54) is 39.2 Å². The first-order valence-corrected chi connectivity index (χ1v) is 14.9. The van der Waals surface area contributed by atoms with Gasteiger partial charge in [0.25, 0.3) is 0 Å². The summed E-state index contributed by atoms with van der Waals surface area (Å²) in [7, 11) is 5.26. The molecule has 2 aliphatic rings. The molecule has 9 nitrogen and oxygen atoms in total. The number of hydrogen-bond acceptors (Lipinski definition) is 8. The smallest absolute Gasteiger partial charge is 0.659 e. The van der Waals surface area contributed by atoms with E-state index in [2.05, 4.69) is 41.6 Å². The molecule has 3 unspecified atom stereocenters. The first-order valence-electron chi connectivity index (χ1n) is 14.9. The van der Waals surface area contributed by atoms with E-state index in [1.807, 2.05) is 27.9 Å². The number of likely N-dealkylation sites (N-methyl/N-ethyl adjacent to an activating group) is 2. The van der Waals surface area contributed by atoms with Gasteiger partial charge in [0.1, 0.15) is 18.4 Å². The Morgan fingerprint density at radius 1 is 1.05 bits per heavy atom. The third-order valence-electron chi connectivity index (χ3n) is 6.16. The van der Waals surface area contributed by atoms with Gasteiger partial charge in [-0.05, 0) is 65.6 Å². The monoisotopic (exact) mass is 598 g/mol. The number of aldehydes is 2. The van der Waals surface area contributed by atoms with Crippen molar-refractivity contribution in [1.29, 1.82) is 0 Å². The molecule has 1 saturated heterocycles. The van der Waals surface area contributed by atoms with Crippen LogP contribution in [0.2, 0.25) is 0 Å². The van der Waals surface area contributed by atoms with Gasteiger partial charge in [0.2, 0.25) is 0 Å². The van der Waals surface area contributed by atoms with Crippen LogP contribution < -0.4 is 62.0 Å². The average molecular weight is 599 g/mol. The summed E-state index contributed by atoms with van der Waals surface area (Å²) in [5.41, 5.74) is 0. The van der Waals surface area contributed by atoms with Crippen molar-refractivity contribution >= 4 is 24.8 Å². The second-order valence-electron chi connectivity index (χ2n) is 9.41. The number of ketones is 1. The molecule has 0 spiro atoms. The molecule has 0 bridgehead atoms. The van der Waals surface area contributed by atoms with Gasteiger partial charge in [-0.3, -0.25) is 15.0 Å². The van der Waals surface area contributed by atoms with E-state index in [-0.39, 0.29) is 82.0 Å². The summed E-state index contributed by atoms with van der Waals surface area (Å²) in [6, 6.07) is 0.172. The Labute approximate surface area is 289 Å². The molecule has 0 aromatic carbocycles. The number of carbonyl (C=O) groups excluding carboxylic acids is 4. The minimum Gasteiger partial charge on any atom is -0.659 e. The number of aliphatic hydroxyl groups is 1. The number of rotatable bonds is 11. The van der Waals surface area contributed by atoms with Crippen LogP contribution in [-0.2, 0) is 19.2 Å². The zero-order chi connectivity index (χ0) is 30.9.